The lowest BCUT2D eigenvalue weighted by atomic mass is 10.3. The van der Waals surface area contributed by atoms with Gasteiger partial charge in [0, 0.05) is 8.95 Å². The largest absolute Gasteiger partial charge is 0.334 e. The lowest BCUT2D eigenvalue weighted by molar-refractivity contribution is 0.856. The van der Waals surface area contributed by atoms with Gasteiger partial charge < -0.3 is 0 Å². The third-order valence-electron chi connectivity index (χ3n) is 2.42. The molecule has 94 valence electrons. The highest BCUT2D eigenvalue weighted by Gasteiger charge is 2.13. The minimum Gasteiger partial charge on any atom is -0.297 e. The lowest BCUT2D eigenvalue weighted by Crippen LogP contribution is -2.35. The molecule has 1 heterocycles. The highest BCUT2D eigenvalue weighted by molar-refractivity contribution is 9.11. The maximum Gasteiger partial charge on any atom is 0.334 e. The van der Waals surface area contributed by atoms with E-state index in [4.69, 9.17) is 11.6 Å². The second-order valence-corrected chi connectivity index (χ2v) is 5.75. The Kier molecular flexibility index (Phi) is 3.79. The summed E-state index contributed by atoms with van der Waals surface area (Å²) in [5, 5.41) is 0.0624. The Labute approximate surface area is 124 Å². The van der Waals surface area contributed by atoms with Crippen LogP contribution in [0.5, 0.6) is 0 Å². The first-order chi connectivity index (χ1) is 8.41. The molecule has 0 atom stereocenters. The van der Waals surface area contributed by atoms with Gasteiger partial charge in [0.25, 0.3) is 5.56 Å². The van der Waals surface area contributed by atoms with Crippen molar-refractivity contribution < 1.29 is 0 Å². The summed E-state index contributed by atoms with van der Waals surface area (Å²) < 4.78 is 2.44. The zero-order chi connectivity index (χ0) is 13.4. The summed E-state index contributed by atoms with van der Waals surface area (Å²) in [7, 11) is 0. The van der Waals surface area contributed by atoms with E-state index in [-0.39, 0.29) is 5.15 Å². The van der Waals surface area contributed by atoms with Crippen molar-refractivity contribution in [3.8, 4) is 5.69 Å². The van der Waals surface area contributed by atoms with Gasteiger partial charge in [-0.05, 0) is 41.1 Å². The van der Waals surface area contributed by atoms with E-state index < -0.39 is 11.2 Å². The first-order valence-electron chi connectivity index (χ1n) is 4.88. The average Bonchev–Trinajstić information content (AvgIpc) is 2.31. The van der Waals surface area contributed by atoms with Gasteiger partial charge in [0.15, 0.2) is 0 Å². The van der Waals surface area contributed by atoms with Crippen molar-refractivity contribution in [3.63, 3.8) is 0 Å². The van der Waals surface area contributed by atoms with Gasteiger partial charge in [0.1, 0.15) is 5.15 Å². The summed E-state index contributed by atoms with van der Waals surface area (Å²) in [6, 6.07) is 5.22. The predicted octanol–water partition coefficient (Wildman–Crippen LogP) is 3.01. The minimum absolute atomic E-state index is 0.0624. The van der Waals surface area contributed by atoms with Crippen molar-refractivity contribution in [3.05, 3.63) is 58.7 Å². The van der Waals surface area contributed by atoms with Crippen LogP contribution in [0.25, 0.3) is 5.69 Å². The molecule has 1 aromatic heterocycles. The number of benzene rings is 1. The molecule has 0 spiro atoms. The zero-order valence-corrected chi connectivity index (χ0v) is 13.1. The van der Waals surface area contributed by atoms with Gasteiger partial charge in [-0.3, -0.25) is 9.78 Å². The normalized spacial score (nSPS) is 10.7. The molecule has 7 heteroatoms. The maximum absolute atomic E-state index is 12.1. The summed E-state index contributed by atoms with van der Waals surface area (Å²) in [5.41, 5.74) is -0.268. The van der Waals surface area contributed by atoms with Crippen molar-refractivity contribution in [2.45, 2.75) is 6.92 Å². The zero-order valence-electron chi connectivity index (χ0n) is 9.13. The Morgan fingerprint density at radius 1 is 1.28 bits per heavy atom. The summed E-state index contributed by atoms with van der Waals surface area (Å²) in [5.74, 6) is 0. The molecular formula is C11H7Br2ClN2O2. The van der Waals surface area contributed by atoms with E-state index in [0.29, 0.717) is 15.7 Å². The quantitative estimate of drug-likeness (QED) is 0.756. The average molecular weight is 394 g/mol. The smallest absolute Gasteiger partial charge is 0.297 e. The summed E-state index contributed by atoms with van der Waals surface area (Å²) in [4.78, 5) is 26.4. The number of hydrogen-bond donors (Lipinski definition) is 1. The van der Waals surface area contributed by atoms with Crippen molar-refractivity contribution in [1.82, 2.24) is 9.55 Å². The molecule has 0 saturated carbocycles. The van der Waals surface area contributed by atoms with E-state index in [9.17, 15) is 9.59 Å². The number of nitrogens with zero attached hydrogens (tertiary/aromatic N) is 1. The van der Waals surface area contributed by atoms with Crippen LogP contribution < -0.4 is 11.2 Å². The van der Waals surface area contributed by atoms with E-state index in [1.807, 2.05) is 0 Å². The van der Waals surface area contributed by atoms with Crippen LogP contribution in [0.15, 0.2) is 36.7 Å². The van der Waals surface area contributed by atoms with Gasteiger partial charge in [0.2, 0.25) is 0 Å². The van der Waals surface area contributed by atoms with Gasteiger partial charge in [-0.25, -0.2) is 9.36 Å². The van der Waals surface area contributed by atoms with E-state index in [1.54, 1.807) is 25.1 Å². The first kappa shape index (κ1) is 13.6. The maximum atomic E-state index is 12.1. The molecular weight excluding hydrogens is 387 g/mol. The highest BCUT2D eigenvalue weighted by atomic mass is 79.9. The Hall–Kier alpha value is -0.850. The molecule has 0 aliphatic heterocycles. The van der Waals surface area contributed by atoms with Crippen molar-refractivity contribution in [2.75, 3.05) is 0 Å². The molecule has 1 N–H and O–H groups in total. The number of aromatic amines is 1. The molecule has 0 aliphatic rings. The fraction of sp³-hybridized carbons (Fsp3) is 0.0909. The monoisotopic (exact) mass is 392 g/mol. The molecule has 0 fully saturated rings. The molecule has 4 nitrogen and oxygen atoms in total. The molecule has 1 aromatic carbocycles. The van der Waals surface area contributed by atoms with Crippen LogP contribution in [-0.2, 0) is 0 Å². The molecule has 0 radical (unpaired) electrons. The van der Waals surface area contributed by atoms with Gasteiger partial charge in [-0.1, -0.05) is 27.5 Å². The Balaban J connectivity index is 2.88. The van der Waals surface area contributed by atoms with Gasteiger partial charge in [-0.2, -0.15) is 0 Å². The molecule has 18 heavy (non-hydrogen) atoms. The summed E-state index contributed by atoms with van der Waals surface area (Å²) in [6.45, 7) is 1.56. The standard InChI is InChI=1S/C11H7Br2ClN2O2/c1-5-9(14)15-11(18)16(10(5)17)8-4-6(12)2-3-7(8)13/h2-4H,1H3,(H,15,18). The van der Waals surface area contributed by atoms with Gasteiger partial charge in [-0.15, -0.1) is 0 Å². The predicted molar refractivity (Wildman–Crippen MR) is 77.8 cm³/mol. The number of H-pyrrole nitrogens is 1. The fourth-order valence-electron chi connectivity index (χ4n) is 1.47. The Morgan fingerprint density at radius 2 is 1.94 bits per heavy atom. The van der Waals surface area contributed by atoms with Crippen LogP contribution in [0.1, 0.15) is 5.56 Å². The second-order valence-electron chi connectivity index (χ2n) is 3.61. The lowest BCUT2D eigenvalue weighted by Gasteiger charge is -2.09. The van der Waals surface area contributed by atoms with E-state index in [1.165, 1.54) is 0 Å². The van der Waals surface area contributed by atoms with Crippen molar-refractivity contribution >= 4 is 43.5 Å². The third-order valence-corrected chi connectivity index (χ3v) is 3.96. The minimum atomic E-state index is -0.575. The van der Waals surface area contributed by atoms with E-state index >= 15 is 0 Å². The van der Waals surface area contributed by atoms with Gasteiger partial charge in [0.05, 0.1) is 11.3 Å². The molecule has 0 amide bonds. The molecule has 0 bridgehead atoms. The first-order valence-corrected chi connectivity index (χ1v) is 6.85. The fourth-order valence-corrected chi connectivity index (χ4v) is 2.41. The topological polar surface area (TPSA) is 54.9 Å². The van der Waals surface area contributed by atoms with Crippen LogP contribution >= 0.6 is 43.5 Å². The number of hydrogen-bond acceptors (Lipinski definition) is 2. The summed E-state index contributed by atoms with van der Waals surface area (Å²) >= 11 is 12.4. The highest BCUT2D eigenvalue weighted by Crippen LogP contribution is 2.23. The van der Waals surface area contributed by atoms with E-state index in [2.05, 4.69) is 36.8 Å². The number of halogens is 3. The molecule has 2 aromatic rings. The Bertz CT molecular complexity index is 737. The van der Waals surface area contributed by atoms with Crippen molar-refractivity contribution in [1.29, 1.82) is 0 Å². The van der Waals surface area contributed by atoms with Crippen LogP contribution in [0.2, 0.25) is 5.15 Å². The molecule has 2 rings (SSSR count). The summed E-state index contributed by atoms with van der Waals surface area (Å²) in [6.07, 6.45) is 0. The number of aromatic nitrogens is 2. The Morgan fingerprint density at radius 3 is 2.61 bits per heavy atom. The number of nitrogens with one attached hydrogen (secondary N) is 1. The van der Waals surface area contributed by atoms with Crippen molar-refractivity contribution in [2.24, 2.45) is 0 Å². The SMILES string of the molecule is Cc1c(Cl)[nH]c(=O)n(-c2cc(Br)ccc2Br)c1=O. The van der Waals surface area contributed by atoms with Crippen LogP contribution in [-0.4, -0.2) is 9.55 Å². The second kappa shape index (κ2) is 5.03. The number of rotatable bonds is 1. The van der Waals surface area contributed by atoms with Crippen LogP contribution in [0.3, 0.4) is 0 Å². The van der Waals surface area contributed by atoms with Gasteiger partial charge >= 0.3 is 5.69 Å². The molecule has 0 unspecified atom stereocenters. The molecule has 0 aliphatic carbocycles. The van der Waals surface area contributed by atoms with E-state index in [0.717, 1.165) is 9.04 Å². The molecule has 0 saturated heterocycles. The van der Waals surface area contributed by atoms with Crippen LogP contribution in [0.4, 0.5) is 0 Å². The van der Waals surface area contributed by atoms with Crippen LogP contribution in [0, 0.1) is 6.92 Å². The third kappa shape index (κ3) is 2.32.